The molecule has 0 radical (unpaired) electrons. The molecule has 0 spiro atoms. The maximum absolute atomic E-state index is 12.1. The van der Waals surface area contributed by atoms with Crippen molar-refractivity contribution in [1.82, 2.24) is 0 Å². The topological polar surface area (TPSA) is 127 Å². The first-order valence-corrected chi connectivity index (χ1v) is 11.4. The molecule has 0 amide bonds. The van der Waals surface area contributed by atoms with Crippen LogP contribution >= 0.6 is 0 Å². The zero-order valence-corrected chi connectivity index (χ0v) is 17.8. The van der Waals surface area contributed by atoms with Crippen molar-refractivity contribution in [2.75, 3.05) is 6.61 Å². The number of ether oxygens (including phenoxy) is 1. The predicted molar refractivity (Wildman–Crippen MR) is 106 cm³/mol. The normalized spacial score (nSPS) is 54.6. The van der Waals surface area contributed by atoms with Gasteiger partial charge in [0, 0.05) is 23.3 Å². The second-order valence-electron chi connectivity index (χ2n) is 11.1. The largest absolute Gasteiger partial charge is 0.458 e. The zero-order valence-electron chi connectivity index (χ0n) is 17.8. The van der Waals surface area contributed by atoms with Gasteiger partial charge in [0.25, 0.3) is 0 Å². The number of cyclic esters (lactones) is 1. The minimum absolute atomic E-state index is 0.0709. The van der Waals surface area contributed by atoms with Gasteiger partial charge in [-0.05, 0) is 67.8 Å². The molecule has 0 aromatic heterocycles. The molecule has 5 rings (SSSR count). The fourth-order valence-electron chi connectivity index (χ4n) is 8.52. The maximum Gasteiger partial charge on any atom is 0.331 e. The van der Waals surface area contributed by atoms with Crippen LogP contribution in [0, 0.1) is 34.5 Å². The highest BCUT2D eigenvalue weighted by Gasteiger charge is 2.73. The minimum Gasteiger partial charge on any atom is -0.458 e. The number of hydrogen-bond acceptors (Lipinski definition) is 7. The van der Waals surface area contributed by atoms with Crippen LogP contribution < -0.4 is 0 Å². The highest BCUT2D eigenvalue weighted by molar-refractivity contribution is 5.85. The van der Waals surface area contributed by atoms with E-state index in [1.165, 1.54) is 6.08 Å². The molecule has 0 unspecified atom stereocenters. The standard InChI is InChI=1S/C23H34O7/c1-20-13(8-14(24)10-23(20,28)29)3-4-16-17(20)9-18(25)21(2)15(5-6-22(16,21)27)12-7-19(26)30-11-12/h7,13-18,24-25,27-29H,3-6,8-11H2,1-2H3/t13-,14+,15-,16-,17+,18-,20+,21+,22+/m1/s1. The summed E-state index contributed by atoms with van der Waals surface area (Å²) >= 11 is 0. The minimum atomic E-state index is -2.05. The average molecular weight is 423 g/mol. The van der Waals surface area contributed by atoms with Gasteiger partial charge < -0.3 is 30.3 Å². The van der Waals surface area contributed by atoms with Crippen LogP contribution in [0.5, 0.6) is 0 Å². The van der Waals surface area contributed by atoms with Gasteiger partial charge in [0.05, 0.1) is 17.8 Å². The van der Waals surface area contributed by atoms with Crippen LogP contribution in [0.25, 0.3) is 0 Å². The van der Waals surface area contributed by atoms with Crippen molar-refractivity contribution >= 4 is 5.97 Å². The van der Waals surface area contributed by atoms with Crippen LogP contribution in [0.15, 0.2) is 11.6 Å². The Hall–Kier alpha value is -0.990. The summed E-state index contributed by atoms with van der Waals surface area (Å²) in [4.78, 5) is 11.7. The molecule has 4 aliphatic carbocycles. The Bertz CT molecular complexity index is 792. The molecular weight excluding hydrogens is 388 g/mol. The fraction of sp³-hybridized carbons (Fsp3) is 0.870. The molecule has 0 bridgehead atoms. The number of esters is 1. The van der Waals surface area contributed by atoms with E-state index >= 15 is 0 Å². The van der Waals surface area contributed by atoms with E-state index in [4.69, 9.17) is 4.74 Å². The lowest BCUT2D eigenvalue weighted by Crippen LogP contribution is -2.71. The monoisotopic (exact) mass is 422 g/mol. The van der Waals surface area contributed by atoms with Crippen molar-refractivity contribution in [3.63, 3.8) is 0 Å². The number of carbonyl (C=O) groups excluding carboxylic acids is 1. The third-order valence-corrected chi connectivity index (χ3v) is 10.3. The Morgan fingerprint density at radius 2 is 1.73 bits per heavy atom. The lowest BCUT2D eigenvalue weighted by Gasteiger charge is -2.67. The molecule has 9 atom stereocenters. The van der Waals surface area contributed by atoms with Gasteiger partial charge in [-0.25, -0.2) is 4.79 Å². The Morgan fingerprint density at radius 3 is 2.40 bits per heavy atom. The van der Waals surface area contributed by atoms with Gasteiger partial charge in [-0.1, -0.05) is 13.8 Å². The van der Waals surface area contributed by atoms with Crippen LogP contribution in [0.3, 0.4) is 0 Å². The smallest absolute Gasteiger partial charge is 0.331 e. The first kappa shape index (κ1) is 20.9. The van der Waals surface area contributed by atoms with E-state index in [0.717, 1.165) is 12.0 Å². The van der Waals surface area contributed by atoms with Crippen molar-refractivity contribution in [3.8, 4) is 0 Å². The van der Waals surface area contributed by atoms with Crippen molar-refractivity contribution in [2.45, 2.75) is 82.4 Å². The second-order valence-corrected chi connectivity index (χ2v) is 11.1. The van der Waals surface area contributed by atoms with Gasteiger partial charge >= 0.3 is 5.97 Å². The van der Waals surface area contributed by atoms with E-state index in [2.05, 4.69) is 0 Å². The Balaban J connectivity index is 1.55. The van der Waals surface area contributed by atoms with Gasteiger partial charge in [0.1, 0.15) is 6.61 Å². The highest BCUT2D eigenvalue weighted by Crippen LogP contribution is 2.70. The summed E-state index contributed by atoms with van der Waals surface area (Å²) in [6.45, 7) is 4.01. The summed E-state index contributed by atoms with van der Waals surface area (Å²) in [5.74, 6) is -3.07. The van der Waals surface area contributed by atoms with Crippen LogP contribution in [0.2, 0.25) is 0 Å². The number of rotatable bonds is 1. The van der Waals surface area contributed by atoms with E-state index in [1.54, 1.807) is 0 Å². The second kappa shape index (κ2) is 6.29. The summed E-state index contributed by atoms with van der Waals surface area (Å²) in [6.07, 6.45) is 3.30. The molecule has 4 fully saturated rings. The van der Waals surface area contributed by atoms with Crippen molar-refractivity contribution in [2.24, 2.45) is 34.5 Å². The SMILES string of the molecule is C[C@]12[C@H](CC[C@@H]3[C@@H]1C[C@@H](O)[C@]1(C)[C@@H](C4=CC(=O)OC4)CC[C@]31O)C[C@H](O)CC2(O)O. The molecule has 7 heteroatoms. The molecule has 0 aromatic carbocycles. The first-order valence-electron chi connectivity index (χ1n) is 11.4. The van der Waals surface area contributed by atoms with E-state index < -0.39 is 34.4 Å². The Labute approximate surface area is 176 Å². The molecule has 5 N–H and O–H groups in total. The van der Waals surface area contributed by atoms with Crippen LogP contribution in [0.1, 0.15) is 58.8 Å². The Morgan fingerprint density at radius 1 is 1.00 bits per heavy atom. The van der Waals surface area contributed by atoms with E-state index in [9.17, 15) is 30.3 Å². The lowest BCUT2D eigenvalue weighted by atomic mass is 9.41. The summed E-state index contributed by atoms with van der Waals surface area (Å²) in [7, 11) is 0. The lowest BCUT2D eigenvalue weighted by molar-refractivity contribution is -0.342. The molecule has 4 saturated carbocycles. The van der Waals surface area contributed by atoms with E-state index in [-0.39, 0.29) is 42.7 Å². The first-order chi connectivity index (χ1) is 13.9. The molecule has 0 aromatic rings. The summed E-state index contributed by atoms with van der Waals surface area (Å²) in [6, 6.07) is 0. The number of aliphatic hydroxyl groups is 5. The number of hydrogen-bond donors (Lipinski definition) is 5. The highest BCUT2D eigenvalue weighted by atomic mass is 16.5. The van der Waals surface area contributed by atoms with Crippen molar-refractivity contribution < 1.29 is 35.1 Å². The van der Waals surface area contributed by atoms with Gasteiger partial charge in [-0.3, -0.25) is 0 Å². The number of fused-ring (bicyclic) bond motifs is 5. The predicted octanol–water partition coefficient (Wildman–Crippen LogP) is 0.866. The van der Waals surface area contributed by atoms with Crippen LogP contribution in [-0.4, -0.2) is 61.7 Å². The molecule has 30 heavy (non-hydrogen) atoms. The summed E-state index contributed by atoms with van der Waals surface area (Å²) < 4.78 is 5.12. The van der Waals surface area contributed by atoms with Crippen molar-refractivity contribution in [1.29, 1.82) is 0 Å². The van der Waals surface area contributed by atoms with Gasteiger partial charge in [-0.2, -0.15) is 0 Å². The van der Waals surface area contributed by atoms with Gasteiger partial charge in [-0.15, -0.1) is 0 Å². The third kappa shape index (κ3) is 2.36. The molecule has 1 aliphatic heterocycles. The van der Waals surface area contributed by atoms with Gasteiger partial charge in [0.2, 0.25) is 0 Å². The molecule has 168 valence electrons. The van der Waals surface area contributed by atoms with Crippen molar-refractivity contribution in [3.05, 3.63) is 11.6 Å². The average Bonchev–Trinajstić information content (AvgIpc) is 3.19. The zero-order chi connectivity index (χ0) is 21.7. The molecule has 7 nitrogen and oxygen atoms in total. The number of aliphatic hydroxyl groups excluding tert-OH is 2. The van der Waals surface area contributed by atoms with Crippen LogP contribution in [-0.2, 0) is 9.53 Å². The molecule has 1 heterocycles. The summed E-state index contributed by atoms with van der Waals surface area (Å²) in [5.41, 5.74) is -2.04. The van der Waals surface area contributed by atoms with E-state index in [0.29, 0.717) is 32.1 Å². The fourth-order valence-corrected chi connectivity index (χ4v) is 8.52. The Kier molecular flexibility index (Phi) is 4.38. The quantitative estimate of drug-likeness (QED) is 0.313. The maximum atomic E-state index is 12.1. The van der Waals surface area contributed by atoms with Gasteiger partial charge in [0.15, 0.2) is 5.79 Å². The van der Waals surface area contributed by atoms with Crippen LogP contribution in [0.4, 0.5) is 0 Å². The number of carbonyl (C=O) groups is 1. The molecule has 5 aliphatic rings. The molecule has 0 saturated heterocycles. The van der Waals surface area contributed by atoms with E-state index in [1.807, 2.05) is 13.8 Å². The summed E-state index contributed by atoms with van der Waals surface area (Å²) in [5, 5.41) is 55.8. The molecular formula is C23H34O7. The third-order valence-electron chi connectivity index (χ3n) is 10.3.